The van der Waals surface area contributed by atoms with Crippen molar-refractivity contribution in [3.05, 3.63) is 12.2 Å². The molecule has 1 nitrogen and oxygen atoms in total. The Bertz CT molecular complexity index is 292. The van der Waals surface area contributed by atoms with Crippen LogP contribution in [0.3, 0.4) is 0 Å². The number of carbonyl (C=O) groups excluding carboxylic acids is 1. The minimum atomic E-state index is 0.317. The second-order valence-electron chi connectivity index (χ2n) is 5.41. The smallest absolute Gasteiger partial charge is 0.140 e. The van der Waals surface area contributed by atoms with Gasteiger partial charge in [-0.2, -0.15) is 0 Å². The summed E-state index contributed by atoms with van der Waals surface area (Å²) in [6.07, 6.45) is 13.3. The Morgan fingerprint density at radius 3 is 3.00 bits per heavy atom. The highest BCUT2D eigenvalue weighted by atomic mass is 16.1. The molecule has 0 saturated heterocycles. The zero-order valence-electron chi connectivity index (χ0n) is 8.67. The topological polar surface area (TPSA) is 17.1 Å². The van der Waals surface area contributed by atoms with Gasteiger partial charge in [0.25, 0.3) is 0 Å². The van der Waals surface area contributed by atoms with Gasteiger partial charge in [-0.05, 0) is 25.2 Å². The Hall–Kier alpha value is -0.590. The van der Waals surface area contributed by atoms with E-state index in [4.69, 9.17) is 0 Å². The number of carbonyl (C=O) groups is 1. The molecule has 0 heterocycles. The minimum absolute atomic E-state index is 0.317. The third-order valence-electron chi connectivity index (χ3n) is 4.50. The molecule has 0 amide bonds. The number of rotatable bonds is 0. The van der Waals surface area contributed by atoms with Crippen LogP contribution in [0, 0.1) is 17.3 Å². The molecule has 76 valence electrons. The van der Waals surface area contributed by atoms with E-state index in [0.717, 1.165) is 6.42 Å². The highest BCUT2D eigenvalue weighted by Crippen LogP contribution is 2.54. The van der Waals surface area contributed by atoms with E-state index in [9.17, 15) is 4.79 Å². The first kappa shape index (κ1) is 8.70. The fraction of sp³-hybridized carbons (Fsp3) is 0.769. The molecule has 1 spiro atoms. The summed E-state index contributed by atoms with van der Waals surface area (Å²) < 4.78 is 0. The number of fused-ring (bicyclic) bond motifs is 1. The lowest BCUT2D eigenvalue weighted by molar-refractivity contribution is -0.131. The Labute approximate surface area is 85.6 Å². The fourth-order valence-electron chi connectivity index (χ4n) is 3.72. The van der Waals surface area contributed by atoms with Crippen molar-refractivity contribution in [2.45, 2.75) is 44.9 Å². The van der Waals surface area contributed by atoms with Crippen LogP contribution in [0.2, 0.25) is 0 Å². The van der Waals surface area contributed by atoms with E-state index in [-0.39, 0.29) is 0 Å². The molecule has 0 aromatic rings. The number of allylic oxidation sites excluding steroid dienone is 2. The number of hydrogen-bond donors (Lipinski definition) is 0. The Balaban J connectivity index is 1.90. The first-order chi connectivity index (χ1) is 6.80. The summed E-state index contributed by atoms with van der Waals surface area (Å²) in [7, 11) is 0. The van der Waals surface area contributed by atoms with E-state index in [0.29, 0.717) is 23.0 Å². The number of ketones is 1. The monoisotopic (exact) mass is 190 g/mol. The summed E-state index contributed by atoms with van der Waals surface area (Å²) in [5, 5.41) is 0. The number of hydrogen-bond acceptors (Lipinski definition) is 1. The molecule has 3 aliphatic carbocycles. The van der Waals surface area contributed by atoms with Gasteiger partial charge in [0.15, 0.2) is 0 Å². The van der Waals surface area contributed by atoms with Gasteiger partial charge in [-0.25, -0.2) is 0 Å². The van der Waals surface area contributed by atoms with Crippen LogP contribution >= 0.6 is 0 Å². The molecule has 0 N–H and O–H groups in total. The van der Waals surface area contributed by atoms with Crippen LogP contribution in [0.15, 0.2) is 12.2 Å². The van der Waals surface area contributed by atoms with Gasteiger partial charge < -0.3 is 0 Å². The van der Waals surface area contributed by atoms with Crippen LogP contribution in [0.25, 0.3) is 0 Å². The molecular weight excluding hydrogens is 172 g/mol. The van der Waals surface area contributed by atoms with Gasteiger partial charge in [0.1, 0.15) is 5.78 Å². The average molecular weight is 190 g/mol. The van der Waals surface area contributed by atoms with Crippen molar-refractivity contribution in [3.63, 3.8) is 0 Å². The summed E-state index contributed by atoms with van der Waals surface area (Å²) in [6.45, 7) is 0. The predicted molar refractivity (Wildman–Crippen MR) is 55.9 cm³/mol. The largest absolute Gasteiger partial charge is 0.299 e. The van der Waals surface area contributed by atoms with Crippen molar-refractivity contribution in [3.8, 4) is 0 Å². The Kier molecular flexibility index (Phi) is 1.83. The lowest BCUT2D eigenvalue weighted by Crippen LogP contribution is -2.46. The Morgan fingerprint density at radius 1 is 1.29 bits per heavy atom. The molecule has 2 bridgehead atoms. The normalized spacial score (nSPS) is 46.1. The van der Waals surface area contributed by atoms with Crippen molar-refractivity contribution in [1.82, 2.24) is 0 Å². The maximum atomic E-state index is 11.9. The van der Waals surface area contributed by atoms with E-state index in [1.165, 1.54) is 38.5 Å². The van der Waals surface area contributed by atoms with Crippen molar-refractivity contribution >= 4 is 5.78 Å². The van der Waals surface area contributed by atoms with E-state index in [2.05, 4.69) is 12.2 Å². The molecule has 3 rings (SSSR count). The van der Waals surface area contributed by atoms with Gasteiger partial charge in [-0.3, -0.25) is 4.79 Å². The maximum Gasteiger partial charge on any atom is 0.140 e. The molecule has 0 unspecified atom stereocenters. The van der Waals surface area contributed by atoms with Gasteiger partial charge in [-0.15, -0.1) is 0 Å². The SMILES string of the molecule is O=C1C[C@H]2CCCCC[C@@]3(C=C[C@H]13)C2. The lowest BCUT2D eigenvalue weighted by Gasteiger charge is -2.50. The molecule has 0 radical (unpaired) electrons. The van der Waals surface area contributed by atoms with Crippen LogP contribution in [0.1, 0.15) is 44.9 Å². The van der Waals surface area contributed by atoms with Crippen LogP contribution in [-0.4, -0.2) is 5.78 Å². The van der Waals surface area contributed by atoms with Crippen molar-refractivity contribution < 1.29 is 4.79 Å². The lowest BCUT2D eigenvalue weighted by atomic mass is 9.53. The standard InChI is InChI=1S/C13H18O/c14-12-8-10-4-2-1-3-6-13(9-10)7-5-11(12)13/h5,7,10-11H,1-4,6,8-9H2/t10-,11-,13-/m1/s1. The van der Waals surface area contributed by atoms with Crippen LogP contribution in [-0.2, 0) is 4.79 Å². The molecule has 3 aliphatic rings. The Morgan fingerprint density at radius 2 is 2.21 bits per heavy atom. The molecule has 14 heavy (non-hydrogen) atoms. The molecule has 0 aromatic carbocycles. The molecule has 1 heteroatoms. The van der Waals surface area contributed by atoms with E-state index in [1.54, 1.807) is 0 Å². The predicted octanol–water partition coefficient (Wildman–Crippen LogP) is 3.10. The minimum Gasteiger partial charge on any atom is -0.299 e. The van der Waals surface area contributed by atoms with Gasteiger partial charge in [0.05, 0.1) is 0 Å². The first-order valence-corrected chi connectivity index (χ1v) is 6.02. The van der Waals surface area contributed by atoms with Crippen LogP contribution in [0.4, 0.5) is 0 Å². The zero-order valence-corrected chi connectivity index (χ0v) is 8.67. The van der Waals surface area contributed by atoms with Crippen molar-refractivity contribution in [1.29, 1.82) is 0 Å². The third kappa shape index (κ3) is 1.11. The summed E-state index contributed by atoms with van der Waals surface area (Å²) in [5.41, 5.74) is 0.334. The van der Waals surface area contributed by atoms with Gasteiger partial charge >= 0.3 is 0 Å². The summed E-state index contributed by atoms with van der Waals surface area (Å²) in [6, 6.07) is 0. The molecule has 0 aromatic heterocycles. The van der Waals surface area contributed by atoms with Crippen molar-refractivity contribution in [2.24, 2.45) is 17.3 Å². The summed E-state index contributed by atoms with van der Waals surface area (Å²) >= 11 is 0. The van der Waals surface area contributed by atoms with E-state index < -0.39 is 0 Å². The molecular formula is C13H18O. The second-order valence-corrected chi connectivity index (χ2v) is 5.41. The molecule has 0 aliphatic heterocycles. The van der Waals surface area contributed by atoms with Gasteiger partial charge in [-0.1, -0.05) is 31.4 Å². The number of Topliss-reactive ketones (excluding diaryl/α,β-unsaturated/α-hetero) is 1. The van der Waals surface area contributed by atoms with E-state index in [1.807, 2.05) is 0 Å². The quantitative estimate of drug-likeness (QED) is 0.536. The second kappa shape index (κ2) is 2.95. The molecule has 3 atom stereocenters. The average Bonchev–Trinajstić information content (AvgIpc) is 2.05. The van der Waals surface area contributed by atoms with Gasteiger partial charge in [0, 0.05) is 17.8 Å². The van der Waals surface area contributed by atoms with Crippen LogP contribution in [0.5, 0.6) is 0 Å². The summed E-state index contributed by atoms with van der Waals surface area (Å²) in [5.74, 6) is 1.56. The maximum absolute atomic E-state index is 11.9. The van der Waals surface area contributed by atoms with Crippen molar-refractivity contribution in [2.75, 3.05) is 0 Å². The first-order valence-electron chi connectivity index (χ1n) is 6.02. The van der Waals surface area contributed by atoms with Crippen LogP contribution < -0.4 is 0 Å². The summed E-state index contributed by atoms with van der Waals surface area (Å²) in [4.78, 5) is 11.9. The fourth-order valence-corrected chi connectivity index (χ4v) is 3.72. The highest BCUT2D eigenvalue weighted by Gasteiger charge is 2.49. The highest BCUT2D eigenvalue weighted by molar-refractivity contribution is 5.86. The van der Waals surface area contributed by atoms with E-state index >= 15 is 0 Å². The molecule has 2 saturated carbocycles. The zero-order chi connectivity index (χ0) is 9.60. The van der Waals surface area contributed by atoms with Gasteiger partial charge in [0.2, 0.25) is 0 Å². The third-order valence-corrected chi connectivity index (χ3v) is 4.50. The molecule has 2 fully saturated rings.